The van der Waals surface area contributed by atoms with Crippen molar-refractivity contribution in [1.29, 1.82) is 0 Å². The largest absolute Gasteiger partial charge is 0.474 e. The van der Waals surface area contributed by atoms with Gasteiger partial charge < -0.3 is 19.0 Å². The fraction of sp³-hybridized carbons (Fsp3) is 0.400. The lowest BCUT2D eigenvalue weighted by molar-refractivity contribution is 0.0744. The summed E-state index contributed by atoms with van der Waals surface area (Å²) in [7, 11) is 0. The van der Waals surface area contributed by atoms with E-state index in [1.807, 2.05) is 4.90 Å². The number of aryl methyl sites for hydroxylation is 1. The van der Waals surface area contributed by atoms with E-state index in [0.717, 1.165) is 0 Å². The second kappa shape index (κ2) is 9.01. The number of oxazole rings is 1. The smallest absolute Gasteiger partial charge is 0.300 e. The van der Waals surface area contributed by atoms with Gasteiger partial charge in [0, 0.05) is 37.9 Å². The van der Waals surface area contributed by atoms with Crippen molar-refractivity contribution < 1.29 is 22.7 Å². The van der Waals surface area contributed by atoms with Crippen LogP contribution in [0.1, 0.15) is 15.9 Å². The van der Waals surface area contributed by atoms with E-state index in [0.29, 0.717) is 59.7 Å². The van der Waals surface area contributed by atoms with E-state index in [2.05, 4.69) is 15.0 Å². The maximum absolute atomic E-state index is 13.0. The Balaban J connectivity index is 1.38. The van der Waals surface area contributed by atoms with Crippen molar-refractivity contribution in [2.45, 2.75) is 13.1 Å². The minimum absolute atomic E-state index is 0.167. The van der Waals surface area contributed by atoms with E-state index in [-0.39, 0.29) is 11.8 Å². The molecule has 11 heteroatoms. The van der Waals surface area contributed by atoms with Crippen molar-refractivity contribution in [3.8, 4) is 5.88 Å². The monoisotopic (exact) mass is 451 g/mol. The highest BCUT2D eigenvalue weighted by Crippen LogP contribution is 2.24. The summed E-state index contributed by atoms with van der Waals surface area (Å²) in [5, 5.41) is 0.343. The maximum atomic E-state index is 13.0. The van der Waals surface area contributed by atoms with Crippen molar-refractivity contribution in [2.75, 3.05) is 44.4 Å². The molecule has 0 saturated carbocycles. The lowest BCUT2D eigenvalue weighted by Gasteiger charge is -2.33. The molecule has 1 amide bonds. The Kier molecular flexibility index (Phi) is 6.17. The van der Waals surface area contributed by atoms with E-state index in [4.69, 9.17) is 20.8 Å². The first-order chi connectivity index (χ1) is 14.9. The Morgan fingerprint density at radius 3 is 2.77 bits per heavy atom. The van der Waals surface area contributed by atoms with Crippen LogP contribution in [0.3, 0.4) is 0 Å². The van der Waals surface area contributed by atoms with Gasteiger partial charge in [-0.1, -0.05) is 11.6 Å². The van der Waals surface area contributed by atoms with Gasteiger partial charge in [0.2, 0.25) is 11.5 Å². The van der Waals surface area contributed by atoms with Crippen LogP contribution in [-0.2, 0) is 0 Å². The fourth-order valence-corrected chi connectivity index (χ4v) is 3.39. The van der Waals surface area contributed by atoms with Gasteiger partial charge in [-0.15, -0.1) is 0 Å². The maximum Gasteiger partial charge on any atom is 0.300 e. The molecule has 0 unspecified atom stereocenters. The highest BCUT2D eigenvalue weighted by Gasteiger charge is 2.25. The number of amides is 1. The van der Waals surface area contributed by atoms with E-state index >= 15 is 0 Å². The van der Waals surface area contributed by atoms with Gasteiger partial charge in [-0.3, -0.25) is 4.79 Å². The number of carbonyl (C=O) groups excluding carboxylic acids is 1. The van der Waals surface area contributed by atoms with Crippen molar-refractivity contribution in [3.05, 3.63) is 40.7 Å². The predicted octanol–water partition coefficient (Wildman–Crippen LogP) is 3.23. The second-order valence-electron chi connectivity index (χ2n) is 7.14. The standard InChI is InChI=1S/C20H20ClF2N5O3/c1-12-8-13(10-24-18(12)30-11-14(23)9-22)19(29)27-4-6-28(7-5-27)20-26-17-15(31-20)2-3-16(21)25-17/h2-3,8,10,14H,4-7,9,11H2,1H3/t14-/m0/s1. The third-order valence-corrected chi connectivity index (χ3v) is 5.10. The summed E-state index contributed by atoms with van der Waals surface area (Å²) >= 11 is 5.89. The summed E-state index contributed by atoms with van der Waals surface area (Å²) in [6.45, 7) is 2.20. The SMILES string of the molecule is Cc1cc(C(=O)N2CCN(c3nc4nc(Cl)ccc4o3)CC2)cnc1OC[C@@H](F)CF. The van der Waals surface area contributed by atoms with Crippen LogP contribution in [0.15, 0.2) is 28.8 Å². The van der Waals surface area contributed by atoms with Crippen LogP contribution >= 0.6 is 11.6 Å². The number of fused-ring (bicyclic) bond motifs is 1. The van der Waals surface area contributed by atoms with Crippen LogP contribution in [0.4, 0.5) is 14.8 Å². The average molecular weight is 452 g/mol. The summed E-state index contributed by atoms with van der Waals surface area (Å²) in [4.78, 5) is 29.1. The number of aromatic nitrogens is 3. The van der Waals surface area contributed by atoms with E-state index in [1.165, 1.54) is 6.20 Å². The number of hydrogen-bond acceptors (Lipinski definition) is 7. The number of piperazine rings is 1. The molecule has 3 aromatic rings. The van der Waals surface area contributed by atoms with Crippen LogP contribution in [0.25, 0.3) is 11.2 Å². The van der Waals surface area contributed by atoms with Crippen molar-refractivity contribution in [2.24, 2.45) is 0 Å². The van der Waals surface area contributed by atoms with Crippen LogP contribution in [0.2, 0.25) is 5.15 Å². The molecule has 0 bridgehead atoms. The lowest BCUT2D eigenvalue weighted by Crippen LogP contribution is -2.49. The summed E-state index contributed by atoms with van der Waals surface area (Å²) in [5.74, 6) is 0.0158. The zero-order valence-corrected chi connectivity index (χ0v) is 17.5. The topological polar surface area (TPSA) is 84.6 Å². The van der Waals surface area contributed by atoms with Crippen molar-refractivity contribution >= 4 is 34.8 Å². The Labute approximate surface area is 181 Å². The number of carbonyl (C=O) groups is 1. The molecule has 1 aliphatic rings. The van der Waals surface area contributed by atoms with Gasteiger partial charge in [-0.2, -0.15) is 4.98 Å². The number of hydrogen-bond donors (Lipinski definition) is 0. The molecule has 31 heavy (non-hydrogen) atoms. The lowest BCUT2D eigenvalue weighted by atomic mass is 10.1. The number of alkyl halides is 2. The van der Waals surface area contributed by atoms with Gasteiger partial charge in [0.1, 0.15) is 18.4 Å². The zero-order valence-electron chi connectivity index (χ0n) is 16.7. The first-order valence-electron chi connectivity index (χ1n) is 9.71. The third kappa shape index (κ3) is 4.68. The second-order valence-corrected chi connectivity index (χ2v) is 7.53. The molecule has 3 aromatic heterocycles. The molecule has 0 radical (unpaired) electrons. The van der Waals surface area contributed by atoms with Gasteiger partial charge in [0.15, 0.2) is 11.8 Å². The summed E-state index contributed by atoms with van der Waals surface area (Å²) < 4.78 is 36.2. The molecule has 0 spiro atoms. The molecule has 1 atom stereocenters. The molecule has 0 N–H and O–H groups in total. The quantitative estimate of drug-likeness (QED) is 0.532. The Morgan fingerprint density at radius 2 is 2.06 bits per heavy atom. The highest BCUT2D eigenvalue weighted by atomic mass is 35.5. The number of halogens is 3. The minimum atomic E-state index is -1.70. The fourth-order valence-electron chi connectivity index (χ4n) is 3.25. The Hall–Kier alpha value is -3.01. The molecule has 1 fully saturated rings. The Bertz CT molecular complexity index is 1090. The zero-order chi connectivity index (χ0) is 22.0. The summed E-state index contributed by atoms with van der Waals surface area (Å²) in [6, 6.07) is 5.43. The molecule has 8 nitrogen and oxygen atoms in total. The van der Waals surface area contributed by atoms with Crippen LogP contribution < -0.4 is 9.64 Å². The molecular formula is C20H20ClF2N5O3. The van der Waals surface area contributed by atoms with Crippen LogP contribution in [0.5, 0.6) is 5.88 Å². The minimum Gasteiger partial charge on any atom is -0.474 e. The predicted molar refractivity (Wildman–Crippen MR) is 110 cm³/mol. The van der Waals surface area contributed by atoms with Crippen molar-refractivity contribution in [3.63, 3.8) is 0 Å². The Morgan fingerprint density at radius 1 is 1.29 bits per heavy atom. The van der Waals surface area contributed by atoms with Gasteiger partial charge in [-0.05, 0) is 25.1 Å². The first kappa shape index (κ1) is 21.2. The first-order valence-corrected chi connectivity index (χ1v) is 10.1. The normalized spacial score (nSPS) is 15.4. The molecule has 164 valence electrons. The van der Waals surface area contributed by atoms with Crippen LogP contribution in [-0.4, -0.2) is 71.4 Å². The van der Waals surface area contributed by atoms with Gasteiger partial charge >= 0.3 is 0 Å². The van der Waals surface area contributed by atoms with E-state index < -0.39 is 19.5 Å². The number of pyridine rings is 2. The van der Waals surface area contributed by atoms with Crippen molar-refractivity contribution in [1.82, 2.24) is 19.9 Å². The summed E-state index contributed by atoms with van der Waals surface area (Å²) in [6.07, 6.45) is -0.316. The molecule has 1 saturated heterocycles. The highest BCUT2D eigenvalue weighted by molar-refractivity contribution is 6.29. The van der Waals surface area contributed by atoms with Gasteiger partial charge in [0.25, 0.3) is 11.9 Å². The number of anilines is 1. The molecule has 0 aliphatic carbocycles. The van der Waals surface area contributed by atoms with E-state index in [9.17, 15) is 13.6 Å². The van der Waals surface area contributed by atoms with Crippen LogP contribution in [0, 0.1) is 6.92 Å². The van der Waals surface area contributed by atoms with E-state index in [1.54, 1.807) is 30.0 Å². The molecule has 4 heterocycles. The number of rotatable bonds is 6. The average Bonchev–Trinajstić information content (AvgIpc) is 3.20. The molecule has 1 aliphatic heterocycles. The van der Waals surface area contributed by atoms with Gasteiger partial charge in [0.05, 0.1) is 5.56 Å². The number of ether oxygens (including phenoxy) is 1. The summed E-state index contributed by atoms with van der Waals surface area (Å²) in [5.41, 5.74) is 1.97. The molecular weight excluding hydrogens is 432 g/mol. The van der Waals surface area contributed by atoms with Gasteiger partial charge in [-0.25, -0.2) is 18.7 Å². The molecule has 0 aromatic carbocycles. The third-order valence-electron chi connectivity index (χ3n) is 4.89. The number of nitrogens with zero attached hydrogens (tertiary/aromatic N) is 5. The molecule has 4 rings (SSSR count).